The number of benzene rings is 1. The fourth-order valence-electron chi connectivity index (χ4n) is 3.71. The summed E-state index contributed by atoms with van der Waals surface area (Å²) in [6.45, 7) is 5.75. The van der Waals surface area contributed by atoms with Gasteiger partial charge in [0.25, 0.3) is 5.79 Å². The van der Waals surface area contributed by atoms with E-state index in [-0.39, 0.29) is 11.7 Å². The van der Waals surface area contributed by atoms with E-state index < -0.39 is 17.7 Å². The Bertz CT molecular complexity index is 931. The van der Waals surface area contributed by atoms with Gasteiger partial charge in [-0.3, -0.25) is 0 Å². The lowest BCUT2D eigenvalue weighted by Crippen LogP contribution is -2.44. The number of hydrogen-bond donors (Lipinski definition) is 0. The van der Waals surface area contributed by atoms with E-state index in [2.05, 4.69) is 0 Å². The molecule has 2 aliphatic heterocycles. The third-order valence-electron chi connectivity index (χ3n) is 5.36. The number of rotatable bonds is 3. The Morgan fingerprint density at radius 1 is 1.15 bits per heavy atom. The normalized spacial score (nSPS) is 25.8. The quantitative estimate of drug-likeness (QED) is 0.467. The molecule has 0 unspecified atom stereocenters. The average molecular weight is 370 g/mol. The fraction of sp³-hybridized carbons (Fsp3) is 0.429. The van der Waals surface area contributed by atoms with Gasteiger partial charge >= 0.3 is 11.9 Å². The maximum Gasteiger partial charge on any atom is 0.348 e. The highest BCUT2D eigenvalue weighted by Gasteiger charge is 2.44. The third kappa shape index (κ3) is 3.04. The van der Waals surface area contributed by atoms with Gasteiger partial charge in [-0.25, -0.2) is 9.59 Å². The molecule has 6 nitrogen and oxygen atoms in total. The molecule has 2 aliphatic rings. The summed E-state index contributed by atoms with van der Waals surface area (Å²) in [5.74, 6) is -1.65. The molecule has 1 atom stereocenters. The van der Waals surface area contributed by atoms with Gasteiger partial charge in [-0.1, -0.05) is 25.1 Å². The molecule has 0 saturated carbocycles. The number of ether oxygens (including phenoxy) is 3. The SMILES string of the molecule is CCC1(C)OC(=O)C(=C2CCO[C@H]2Cc2c(C)oc3ccccc23)C(=O)O1. The zero-order chi connectivity index (χ0) is 19.2. The third-order valence-corrected chi connectivity index (χ3v) is 5.36. The lowest BCUT2D eigenvalue weighted by atomic mass is 9.94. The van der Waals surface area contributed by atoms with Crippen molar-refractivity contribution >= 4 is 22.9 Å². The van der Waals surface area contributed by atoms with Crippen molar-refractivity contribution in [2.45, 2.75) is 51.9 Å². The summed E-state index contributed by atoms with van der Waals surface area (Å²) >= 11 is 0. The molecule has 4 rings (SSSR count). The van der Waals surface area contributed by atoms with Crippen LogP contribution in [0.1, 0.15) is 38.0 Å². The summed E-state index contributed by atoms with van der Waals surface area (Å²) in [7, 11) is 0. The molecular weight excluding hydrogens is 348 g/mol. The molecule has 2 fully saturated rings. The molecule has 2 aromatic rings. The van der Waals surface area contributed by atoms with Gasteiger partial charge in [-0.05, 0) is 25.0 Å². The molecule has 0 spiro atoms. The van der Waals surface area contributed by atoms with E-state index in [4.69, 9.17) is 18.6 Å². The first-order chi connectivity index (χ1) is 12.9. The number of aryl methyl sites for hydroxylation is 1. The van der Waals surface area contributed by atoms with Crippen molar-refractivity contribution in [3.8, 4) is 0 Å². The zero-order valence-corrected chi connectivity index (χ0v) is 15.7. The molecule has 0 bridgehead atoms. The largest absolute Gasteiger partial charge is 0.461 e. The summed E-state index contributed by atoms with van der Waals surface area (Å²) in [5, 5.41) is 1.02. The minimum absolute atomic E-state index is 0.0196. The van der Waals surface area contributed by atoms with Crippen LogP contribution in [0.15, 0.2) is 39.8 Å². The zero-order valence-electron chi connectivity index (χ0n) is 15.7. The van der Waals surface area contributed by atoms with E-state index in [9.17, 15) is 9.59 Å². The monoisotopic (exact) mass is 370 g/mol. The van der Waals surface area contributed by atoms with Gasteiger partial charge in [-0.15, -0.1) is 0 Å². The number of hydrogen-bond acceptors (Lipinski definition) is 6. The maximum absolute atomic E-state index is 12.5. The molecule has 3 heterocycles. The van der Waals surface area contributed by atoms with E-state index in [1.807, 2.05) is 31.2 Å². The van der Waals surface area contributed by atoms with E-state index in [0.717, 1.165) is 22.3 Å². The summed E-state index contributed by atoms with van der Waals surface area (Å²) in [6.07, 6.45) is 1.04. The predicted molar refractivity (Wildman–Crippen MR) is 96.9 cm³/mol. The lowest BCUT2D eigenvalue weighted by Gasteiger charge is -2.33. The number of cyclic esters (lactones) is 2. The van der Waals surface area contributed by atoms with E-state index in [1.165, 1.54) is 0 Å². The van der Waals surface area contributed by atoms with E-state index in [1.54, 1.807) is 13.8 Å². The number of para-hydroxylation sites is 1. The molecular formula is C21H22O6. The van der Waals surface area contributed by atoms with Crippen LogP contribution in [0.3, 0.4) is 0 Å². The van der Waals surface area contributed by atoms with Crippen LogP contribution in [0.5, 0.6) is 0 Å². The van der Waals surface area contributed by atoms with Crippen LogP contribution in [-0.2, 0) is 30.2 Å². The Morgan fingerprint density at radius 2 is 1.85 bits per heavy atom. The van der Waals surface area contributed by atoms with Crippen LogP contribution in [0.4, 0.5) is 0 Å². The molecule has 1 aromatic heterocycles. The van der Waals surface area contributed by atoms with Crippen LogP contribution >= 0.6 is 0 Å². The number of fused-ring (bicyclic) bond motifs is 1. The standard InChI is InChI=1S/C21H22O6/c1-4-21(3)26-19(22)18(20(23)27-21)14-9-10-24-17(14)11-15-12(2)25-16-8-6-5-7-13(15)16/h5-8,17H,4,9-11H2,1-3H3/t17-,21?/m0/s1. The highest BCUT2D eigenvalue weighted by Crippen LogP contribution is 2.35. The predicted octanol–water partition coefficient (Wildman–Crippen LogP) is 3.60. The Labute approximate surface area is 157 Å². The van der Waals surface area contributed by atoms with Crippen LogP contribution < -0.4 is 0 Å². The second kappa shape index (κ2) is 6.53. The molecule has 6 heteroatoms. The summed E-state index contributed by atoms with van der Waals surface area (Å²) in [5.41, 5.74) is 2.46. The topological polar surface area (TPSA) is 75.0 Å². The van der Waals surface area contributed by atoms with Crippen molar-refractivity contribution in [3.05, 3.63) is 46.7 Å². The second-order valence-corrected chi connectivity index (χ2v) is 7.11. The minimum Gasteiger partial charge on any atom is -0.461 e. The molecule has 0 aliphatic carbocycles. The van der Waals surface area contributed by atoms with Gasteiger partial charge in [0.05, 0.1) is 12.7 Å². The highest BCUT2D eigenvalue weighted by atomic mass is 16.7. The summed E-state index contributed by atoms with van der Waals surface area (Å²) < 4.78 is 22.4. The van der Waals surface area contributed by atoms with Crippen molar-refractivity contribution in [2.24, 2.45) is 0 Å². The summed E-state index contributed by atoms with van der Waals surface area (Å²) in [4.78, 5) is 25.1. The van der Waals surface area contributed by atoms with Crippen molar-refractivity contribution in [2.75, 3.05) is 6.61 Å². The Kier molecular flexibility index (Phi) is 4.30. The van der Waals surface area contributed by atoms with Gasteiger partial charge in [-0.2, -0.15) is 0 Å². The number of esters is 2. The van der Waals surface area contributed by atoms with Crippen LogP contribution in [0.2, 0.25) is 0 Å². The highest BCUT2D eigenvalue weighted by molar-refractivity contribution is 6.16. The molecule has 142 valence electrons. The molecule has 1 aromatic carbocycles. The average Bonchev–Trinajstić information content (AvgIpc) is 3.19. The second-order valence-electron chi connectivity index (χ2n) is 7.11. The van der Waals surface area contributed by atoms with E-state index in [0.29, 0.717) is 31.4 Å². The smallest absolute Gasteiger partial charge is 0.348 e. The Morgan fingerprint density at radius 3 is 2.56 bits per heavy atom. The van der Waals surface area contributed by atoms with E-state index >= 15 is 0 Å². The van der Waals surface area contributed by atoms with Crippen LogP contribution in [0.25, 0.3) is 11.0 Å². The molecule has 0 N–H and O–H groups in total. The summed E-state index contributed by atoms with van der Waals surface area (Å²) in [6, 6.07) is 7.80. The van der Waals surface area contributed by atoms with Gasteiger partial charge in [0.2, 0.25) is 0 Å². The number of furan rings is 1. The fourth-order valence-corrected chi connectivity index (χ4v) is 3.71. The molecule has 2 saturated heterocycles. The first-order valence-corrected chi connectivity index (χ1v) is 9.20. The van der Waals surface area contributed by atoms with Crippen molar-refractivity contribution in [1.29, 1.82) is 0 Å². The first kappa shape index (κ1) is 17.8. The maximum atomic E-state index is 12.5. The number of carbonyl (C=O) groups is 2. The van der Waals surface area contributed by atoms with Crippen molar-refractivity contribution in [1.82, 2.24) is 0 Å². The lowest BCUT2D eigenvalue weighted by molar-refractivity contribution is -0.229. The van der Waals surface area contributed by atoms with Crippen LogP contribution in [-0.4, -0.2) is 30.4 Å². The Balaban J connectivity index is 1.68. The van der Waals surface area contributed by atoms with Gasteiger partial charge in [0.15, 0.2) is 0 Å². The van der Waals surface area contributed by atoms with Crippen molar-refractivity contribution in [3.63, 3.8) is 0 Å². The minimum atomic E-state index is -1.20. The molecule has 0 radical (unpaired) electrons. The van der Waals surface area contributed by atoms with Crippen LogP contribution in [0, 0.1) is 6.92 Å². The van der Waals surface area contributed by atoms with Crippen molar-refractivity contribution < 1.29 is 28.2 Å². The Hall–Kier alpha value is -2.60. The van der Waals surface area contributed by atoms with Gasteiger partial charge in [0, 0.05) is 30.7 Å². The van der Waals surface area contributed by atoms with Gasteiger partial charge < -0.3 is 18.6 Å². The number of carbonyl (C=O) groups excluding carboxylic acids is 2. The first-order valence-electron chi connectivity index (χ1n) is 9.20. The molecule has 0 amide bonds. The molecule has 27 heavy (non-hydrogen) atoms. The van der Waals surface area contributed by atoms with Gasteiger partial charge in [0.1, 0.15) is 16.9 Å².